The molecular formula is C38H45N5O6S. The van der Waals surface area contributed by atoms with Crippen LogP contribution in [-0.2, 0) is 16.6 Å². The number of allylic oxidation sites excluding steroid dienone is 1. The number of ether oxygens (including phenoxy) is 1. The molecule has 2 aromatic carbocycles. The molecule has 0 radical (unpaired) electrons. The number of aromatic carboxylic acids is 1. The van der Waals surface area contributed by atoms with Crippen molar-refractivity contribution in [2.75, 3.05) is 27.2 Å². The fraction of sp³-hybridized carbons (Fsp3) is 0.447. The lowest BCUT2D eigenvalue weighted by atomic mass is 9.81. The van der Waals surface area contributed by atoms with Gasteiger partial charge in [-0.25, -0.2) is 17.9 Å². The van der Waals surface area contributed by atoms with Crippen LogP contribution in [0.4, 0.5) is 0 Å². The standard InChI is InChI=1S/C38H45N5O6S/c1-23(2)50(47,48)40-37(44)25-10-12-31-33(20-25)42-22-27(35-32(38(45)46)21-39-43(35)28-14-16-41(3)17-15-28)18-26-19-29(49-4)11-13-30(26)36(42)34(31)24-8-6-5-7-9-24/h10-13,18-21,23-24,28H,5-9,14-17,22H2,1-4H3,(H,40,44)(H,45,46). The first-order valence-electron chi connectivity index (χ1n) is 17.6. The van der Waals surface area contributed by atoms with Crippen molar-refractivity contribution in [1.29, 1.82) is 0 Å². The van der Waals surface area contributed by atoms with Crippen LogP contribution in [0.25, 0.3) is 33.8 Å². The Bertz CT molecular complexity index is 2110. The van der Waals surface area contributed by atoms with Crippen LogP contribution in [-0.4, -0.2) is 77.1 Å². The maximum Gasteiger partial charge on any atom is 0.339 e. The molecule has 3 aliphatic rings. The summed E-state index contributed by atoms with van der Waals surface area (Å²) < 4.78 is 37.4. The number of benzene rings is 2. The minimum Gasteiger partial charge on any atom is -0.497 e. The van der Waals surface area contributed by atoms with Crippen molar-refractivity contribution in [1.82, 2.24) is 24.0 Å². The van der Waals surface area contributed by atoms with Gasteiger partial charge < -0.3 is 19.3 Å². The second-order valence-electron chi connectivity index (χ2n) is 14.3. The van der Waals surface area contributed by atoms with Gasteiger partial charge in [0.15, 0.2) is 0 Å². The number of rotatable bonds is 8. The average Bonchev–Trinajstić information content (AvgIpc) is 3.63. The summed E-state index contributed by atoms with van der Waals surface area (Å²) in [7, 11) is -0.117. The molecule has 264 valence electrons. The zero-order valence-electron chi connectivity index (χ0n) is 29.1. The number of nitrogens with one attached hydrogen (secondary N) is 1. The van der Waals surface area contributed by atoms with Crippen molar-refractivity contribution in [3.05, 3.63) is 70.5 Å². The second-order valence-corrected chi connectivity index (χ2v) is 16.5. The van der Waals surface area contributed by atoms with Crippen molar-refractivity contribution in [3.63, 3.8) is 0 Å². The number of hydrogen-bond acceptors (Lipinski definition) is 7. The molecule has 0 spiro atoms. The highest BCUT2D eigenvalue weighted by Crippen LogP contribution is 2.48. The van der Waals surface area contributed by atoms with E-state index in [0.717, 1.165) is 84.9 Å². The van der Waals surface area contributed by atoms with Gasteiger partial charge in [0.2, 0.25) is 10.0 Å². The number of methoxy groups -OCH3 is 1. The third kappa shape index (κ3) is 6.12. The summed E-state index contributed by atoms with van der Waals surface area (Å²) >= 11 is 0. The molecule has 1 saturated heterocycles. The molecule has 2 N–H and O–H groups in total. The first-order valence-corrected chi connectivity index (χ1v) is 19.1. The second kappa shape index (κ2) is 13.4. The Hall–Kier alpha value is -4.42. The van der Waals surface area contributed by atoms with Gasteiger partial charge in [-0.2, -0.15) is 5.10 Å². The predicted molar refractivity (Wildman–Crippen MR) is 194 cm³/mol. The van der Waals surface area contributed by atoms with Crippen LogP contribution < -0.4 is 9.46 Å². The highest BCUT2D eigenvalue weighted by atomic mass is 32.2. The van der Waals surface area contributed by atoms with E-state index in [4.69, 9.17) is 9.84 Å². The van der Waals surface area contributed by atoms with E-state index in [1.54, 1.807) is 19.2 Å². The first kappa shape index (κ1) is 34.0. The Balaban J connectivity index is 1.48. The van der Waals surface area contributed by atoms with Gasteiger partial charge in [-0.05, 0) is 119 Å². The molecule has 4 heterocycles. The van der Waals surface area contributed by atoms with Crippen LogP contribution in [0, 0.1) is 0 Å². The van der Waals surface area contributed by atoms with Crippen LogP contribution in [0.3, 0.4) is 0 Å². The SMILES string of the molecule is COc1ccc2c(c1)C=C(c1c(C(=O)O)cnn1C1CCN(C)CC1)Cn1c-2c(C2CCCCC2)c2ccc(C(=O)NS(=O)(=O)C(C)C)cc21. The van der Waals surface area contributed by atoms with Gasteiger partial charge in [-0.1, -0.05) is 25.3 Å². The summed E-state index contributed by atoms with van der Waals surface area (Å²) in [6.45, 7) is 5.16. The highest BCUT2D eigenvalue weighted by Gasteiger charge is 2.33. The summed E-state index contributed by atoms with van der Waals surface area (Å²) in [5.74, 6) is -0.741. The summed E-state index contributed by atoms with van der Waals surface area (Å²) in [6.07, 6.45) is 10.8. The van der Waals surface area contributed by atoms with Crippen LogP contribution >= 0.6 is 0 Å². The molecule has 1 aliphatic carbocycles. The van der Waals surface area contributed by atoms with E-state index in [2.05, 4.69) is 33.4 Å². The molecule has 2 aliphatic heterocycles. The minimum absolute atomic E-state index is 0.0418. The van der Waals surface area contributed by atoms with Crippen molar-refractivity contribution in [2.24, 2.45) is 0 Å². The van der Waals surface area contributed by atoms with Crippen molar-refractivity contribution >= 4 is 44.5 Å². The number of piperidine rings is 1. The van der Waals surface area contributed by atoms with Gasteiger partial charge in [0, 0.05) is 22.0 Å². The molecule has 1 saturated carbocycles. The van der Waals surface area contributed by atoms with Crippen molar-refractivity contribution in [2.45, 2.75) is 82.5 Å². The zero-order valence-corrected chi connectivity index (χ0v) is 29.9. The van der Waals surface area contributed by atoms with E-state index in [0.29, 0.717) is 23.9 Å². The summed E-state index contributed by atoms with van der Waals surface area (Å²) in [5.41, 5.74) is 6.69. The van der Waals surface area contributed by atoms with Crippen LogP contribution in [0.2, 0.25) is 0 Å². The van der Waals surface area contributed by atoms with Gasteiger partial charge >= 0.3 is 5.97 Å². The van der Waals surface area contributed by atoms with Crippen molar-refractivity contribution in [3.8, 4) is 17.0 Å². The first-order chi connectivity index (χ1) is 24.0. The molecule has 4 aromatic rings. The van der Waals surface area contributed by atoms with Gasteiger partial charge in [0.1, 0.15) is 11.3 Å². The van der Waals surface area contributed by atoms with Crippen molar-refractivity contribution < 1.29 is 27.9 Å². The Labute approximate surface area is 293 Å². The molecule has 0 atom stereocenters. The molecule has 1 amide bonds. The molecule has 2 aromatic heterocycles. The topological polar surface area (TPSA) is 136 Å². The summed E-state index contributed by atoms with van der Waals surface area (Å²) in [4.78, 5) is 28.5. The number of nitrogens with zero attached hydrogens (tertiary/aromatic N) is 4. The number of amides is 1. The fourth-order valence-corrected chi connectivity index (χ4v) is 8.60. The highest BCUT2D eigenvalue weighted by molar-refractivity contribution is 7.90. The maximum atomic E-state index is 13.4. The molecule has 11 nitrogen and oxygen atoms in total. The molecule has 0 unspecified atom stereocenters. The number of aromatic nitrogens is 3. The lowest BCUT2D eigenvalue weighted by molar-refractivity contribution is 0.0695. The van der Waals surface area contributed by atoms with Crippen LogP contribution in [0.1, 0.15) is 108 Å². The number of likely N-dealkylation sites (tertiary alicyclic amines) is 1. The monoisotopic (exact) mass is 699 g/mol. The molecule has 0 bridgehead atoms. The number of carboxylic acids is 1. The van der Waals surface area contributed by atoms with E-state index in [1.807, 2.05) is 22.9 Å². The molecule has 7 rings (SSSR count). The number of carboxylic acid groups (broad SMARTS) is 1. The summed E-state index contributed by atoms with van der Waals surface area (Å²) in [6, 6.07) is 11.5. The normalized spacial score (nSPS) is 17.7. The molecular weight excluding hydrogens is 655 g/mol. The number of carbonyl (C=O) groups excluding carboxylic acids is 1. The summed E-state index contributed by atoms with van der Waals surface area (Å²) in [5, 5.41) is 15.4. The van der Waals surface area contributed by atoms with E-state index in [-0.39, 0.29) is 17.2 Å². The molecule has 12 heteroatoms. The smallest absolute Gasteiger partial charge is 0.339 e. The quantitative estimate of drug-likeness (QED) is 0.212. The maximum absolute atomic E-state index is 13.4. The number of fused-ring (bicyclic) bond motifs is 5. The van der Waals surface area contributed by atoms with Crippen LogP contribution in [0.5, 0.6) is 5.75 Å². The minimum atomic E-state index is -3.85. The average molecular weight is 700 g/mol. The van der Waals surface area contributed by atoms with Gasteiger partial charge in [0.25, 0.3) is 5.91 Å². The third-order valence-corrected chi connectivity index (χ3v) is 12.5. The number of carbonyl (C=O) groups is 2. The molecule has 50 heavy (non-hydrogen) atoms. The lowest BCUT2D eigenvalue weighted by Gasteiger charge is -2.30. The Morgan fingerprint density at radius 2 is 1.74 bits per heavy atom. The zero-order chi connectivity index (χ0) is 35.3. The van der Waals surface area contributed by atoms with E-state index in [1.165, 1.54) is 32.0 Å². The van der Waals surface area contributed by atoms with Gasteiger partial charge in [0.05, 0.1) is 42.5 Å². The molecule has 2 fully saturated rings. The largest absolute Gasteiger partial charge is 0.497 e. The van der Waals surface area contributed by atoms with Gasteiger partial charge in [-0.15, -0.1) is 0 Å². The number of hydrogen-bond donors (Lipinski definition) is 2. The Kier molecular flexibility index (Phi) is 9.10. The Morgan fingerprint density at radius 1 is 1.00 bits per heavy atom. The van der Waals surface area contributed by atoms with E-state index < -0.39 is 27.1 Å². The van der Waals surface area contributed by atoms with Crippen LogP contribution in [0.15, 0.2) is 42.6 Å². The van der Waals surface area contributed by atoms with E-state index in [9.17, 15) is 23.1 Å². The predicted octanol–water partition coefficient (Wildman–Crippen LogP) is 6.55. The fourth-order valence-electron chi connectivity index (χ4n) is 7.99. The van der Waals surface area contributed by atoms with E-state index >= 15 is 0 Å². The third-order valence-electron chi connectivity index (χ3n) is 10.8. The lowest BCUT2D eigenvalue weighted by Crippen LogP contribution is -2.35. The number of sulfonamides is 1. The Morgan fingerprint density at radius 3 is 2.42 bits per heavy atom. The van der Waals surface area contributed by atoms with Gasteiger partial charge in [-0.3, -0.25) is 9.48 Å².